The average Bonchev–Trinajstić information content (AvgIpc) is 2.63. The van der Waals surface area contributed by atoms with Gasteiger partial charge < -0.3 is 26.2 Å². The molecule has 0 aromatic rings. The number of amides is 3. The number of carbonyl (C=O) groups is 2. The topological polar surface area (TPSA) is 116 Å². The lowest BCUT2D eigenvalue weighted by molar-refractivity contribution is -0.132. The number of likely N-dealkylation sites (tertiary alicyclic amines) is 1. The van der Waals surface area contributed by atoms with Crippen LogP contribution in [0.2, 0.25) is 0 Å². The number of nitrogens with two attached hydrogens (primary N) is 1. The van der Waals surface area contributed by atoms with Gasteiger partial charge in [-0.3, -0.25) is 4.79 Å². The highest BCUT2D eigenvalue weighted by Gasteiger charge is 2.35. The Bertz CT molecular complexity index is 305. The van der Waals surface area contributed by atoms with Crippen LogP contribution in [0.5, 0.6) is 0 Å². The Morgan fingerprint density at radius 2 is 2.00 bits per heavy atom. The lowest BCUT2D eigenvalue weighted by Crippen LogP contribution is -2.50. The smallest absolute Gasteiger partial charge is 0.312 e. The maximum absolute atomic E-state index is 12.1. The van der Waals surface area contributed by atoms with E-state index in [9.17, 15) is 19.8 Å². The van der Waals surface area contributed by atoms with Gasteiger partial charge in [0.25, 0.3) is 0 Å². The molecule has 0 aromatic heterocycles. The number of primary amides is 1. The number of nitrogens with zero attached hydrogens (tertiary/aromatic N) is 1. The number of hydrogen-bond acceptors (Lipinski definition) is 5. The molecule has 1 aliphatic heterocycles. The van der Waals surface area contributed by atoms with E-state index in [-0.39, 0.29) is 19.0 Å². The molecule has 104 valence electrons. The Labute approximate surface area is 110 Å². The molecular formula is C10H19N3O4S. The minimum Gasteiger partial charge on any atom is -0.388 e. The first-order valence-electron chi connectivity index (χ1n) is 5.65. The van der Waals surface area contributed by atoms with Gasteiger partial charge in [0.05, 0.1) is 12.2 Å². The van der Waals surface area contributed by atoms with Crippen LogP contribution in [0, 0.1) is 0 Å². The summed E-state index contributed by atoms with van der Waals surface area (Å²) in [6.45, 7) is 0.159. The van der Waals surface area contributed by atoms with E-state index in [2.05, 4.69) is 5.32 Å². The van der Waals surface area contributed by atoms with Crippen LogP contribution in [-0.4, -0.2) is 70.4 Å². The van der Waals surface area contributed by atoms with Crippen molar-refractivity contribution in [3.05, 3.63) is 0 Å². The predicted octanol–water partition coefficient (Wildman–Crippen LogP) is -1.66. The van der Waals surface area contributed by atoms with E-state index in [1.807, 2.05) is 6.26 Å². The molecule has 0 spiro atoms. The highest BCUT2D eigenvalue weighted by Crippen LogP contribution is 2.13. The molecule has 1 fully saturated rings. The van der Waals surface area contributed by atoms with Gasteiger partial charge in [-0.15, -0.1) is 0 Å². The zero-order valence-corrected chi connectivity index (χ0v) is 11.0. The number of aliphatic hydroxyl groups excluding tert-OH is 2. The fourth-order valence-corrected chi connectivity index (χ4v) is 2.31. The molecule has 0 saturated carbocycles. The molecule has 3 amide bonds. The molecule has 0 aromatic carbocycles. The lowest BCUT2D eigenvalue weighted by atomic mass is 10.2. The Hall–Kier alpha value is -0.990. The van der Waals surface area contributed by atoms with E-state index < -0.39 is 24.3 Å². The Balaban J connectivity index is 2.61. The molecular weight excluding hydrogens is 258 g/mol. The number of rotatable bonds is 5. The van der Waals surface area contributed by atoms with Gasteiger partial charge in [-0.2, -0.15) is 11.8 Å². The maximum Gasteiger partial charge on any atom is 0.312 e. The van der Waals surface area contributed by atoms with Gasteiger partial charge in [0.1, 0.15) is 6.04 Å². The Morgan fingerprint density at radius 1 is 1.44 bits per heavy atom. The summed E-state index contributed by atoms with van der Waals surface area (Å²) >= 11 is 1.56. The number of hydrogen-bond donors (Lipinski definition) is 4. The summed E-state index contributed by atoms with van der Waals surface area (Å²) in [5, 5.41) is 21.2. The van der Waals surface area contributed by atoms with Crippen LogP contribution in [0.15, 0.2) is 0 Å². The van der Waals surface area contributed by atoms with Gasteiger partial charge in [0, 0.05) is 13.1 Å². The molecule has 1 saturated heterocycles. The van der Waals surface area contributed by atoms with E-state index in [0.29, 0.717) is 12.2 Å². The normalized spacial score (nSPS) is 24.9. The molecule has 0 aliphatic carbocycles. The van der Waals surface area contributed by atoms with Crippen LogP contribution in [0.4, 0.5) is 4.79 Å². The Kier molecular flexibility index (Phi) is 5.70. The number of carbonyl (C=O) groups excluding carboxylic acids is 2. The van der Waals surface area contributed by atoms with Crippen molar-refractivity contribution in [2.45, 2.75) is 24.7 Å². The molecule has 0 radical (unpaired) electrons. The molecule has 7 nitrogen and oxygen atoms in total. The fraction of sp³-hybridized carbons (Fsp3) is 0.800. The predicted molar refractivity (Wildman–Crippen MR) is 68.1 cm³/mol. The van der Waals surface area contributed by atoms with Crippen LogP contribution in [0.3, 0.4) is 0 Å². The third kappa shape index (κ3) is 4.04. The largest absolute Gasteiger partial charge is 0.388 e. The lowest BCUT2D eigenvalue weighted by Gasteiger charge is -2.23. The van der Waals surface area contributed by atoms with Gasteiger partial charge in [-0.1, -0.05) is 0 Å². The van der Waals surface area contributed by atoms with Gasteiger partial charge in [0.2, 0.25) is 5.91 Å². The molecule has 3 unspecified atom stereocenters. The summed E-state index contributed by atoms with van der Waals surface area (Å²) in [7, 11) is 0. The van der Waals surface area contributed by atoms with Gasteiger partial charge in [-0.05, 0) is 18.4 Å². The minimum absolute atomic E-state index is 0.0796. The van der Waals surface area contributed by atoms with Crippen LogP contribution >= 0.6 is 11.8 Å². The second-order valence-electron chi connectivity index (χ2n) is 4.22. The van der Waals surface area contributed by atoms with Crippen LogP contribution in [0.25, 0.3) is 0 Å². The summed E-state index contributed by atoms with van der Waals surface area (Å²) in [5.41, 5.74) is 5.03. The monoisotopic (exact) mass is 277 g/mol. The molecule has 18 heavy (non-hydrogen) atoms. The number of aliphatic hydroxyl groups is 2. The van der Waals surface area contributed by atoms with Crippen LogP contribution in [0.1, 0.15) is 6.42 Å². The van der Waals surface area contributed by atoms with E-state index in [1.165, 1.54) is 4.90 Å². The average molecular weight is 277 g/mol. The third-order valence-corrected chi connectivity index (χ3v) is 3.44. The van der Waals surface area contributed by atoms with Crippen molar-refractivity contribution in [2.75, 3.05) is 25.1 Å². The van der Waals surface area contributed by atoms with Crippen molar-refractivity contribution >= 4 is 23.7 Å². The maximum atomic E-state index is 12.1. The molecule has 5 N–H and O–H groups in total. The zero-order valence-electron chi connectivity index (χ0n) is 10.2. The second-order valence-corrected chi connectivity index (χ2v) is 5.21. The summed E-state index contributed by atoms with van der Waals surface area (Å²) in [6, 6.07) is -1.46. The minimum atomic E-state index is -0.927. The standard InChI is InChI=1S/C10H19N3O4S/c1-18-3-2-6(12-10(11)17)9(16)13-4-7(14)8(15)5-13/h6-8,14-15H,2-5H2,1H3,(H3,11,12,17). The fourth-order valence-electron chi connectivity index (χ4n) is 1.83. The third-order valence-electron chi connectivity index (χ3n) is 2.80. The zero-order chi connectivity index (χ0) is 13.7. The first-order chi connectivity index (χ1) is 8.45. The van der Waals surface area contributed by atoms with E-state index in [0.717, 1.165) is 0 Å². The van der Waals surface area contributed by atoms with E-state index in [4.69, 9.17) is 5.73 Å². The van der Waals surface area contributed by atoms with Gasteiger partial charge in [-0.25, -0.2) is 4.79 Å². The highest BCUT2D eigenvalue weighted by atomic mass is 32.2. The summed E-state index contributed by atoms with van der Waals surface area (Å²) in [4.78, 5) is 24.3. The number of urea groups is 1. The molecule has 8 heteroatoms. The second kappa shape index (κ2) is 6.81. The SMILES string of the molecule is CSCCC(NC(N)=O)C(=O)N1CC(O)C(O)C1. The number of β-amino-alcohol motifs (C(OH)–C–C–N with tert-alkyl or cyclic N) is 2. The molecule has 0 bridgehead atoms. The molecule has 3 atom stereocenters. The molecule has 1 rings (SSSR count). The van der Waals surface area contributed by atoms with E-state index >= 15 is 0 Å². The van der Waals surface area contributed by atoms with Crippen molar-refractivity contribution < 1.29 is 19.8 Å². The first-order valence-corrected chi connectivity index (χ1v) is 7.05. The van der Waals surface area contributed by atoms with Gasteiger partial charge >= 0.3 is 6.03 Å². The van der Waals surface area contributed by atoms with E-state index in [1.54, 1.807) is 11.8 Å². The first kappa shape index (κ1) is 15.1. The summed E-state index contributed by atoms with van der Waals surface area (Å²) in [6.07, 6.45) is 0.508. The van der Waals surface area contributed by atoms with Crippen LogP contribution < -0.4 is 11.1 Å². The molecule has 1 aliphatic rings. The van der Waals surface area contributed by atoms with Crippen molar-refractivity contribution in [3.63, 3.8) is 0 Å². The number of nitrogens with one attached hydrogen (secondary N) is 1. The van der Waals surface area contributed by atoms with Crippen LogP contribution in [-0.2, 0) is 4.79 Å². The number of thioether (sulfide) groups is 1. The van der Waals surface area contributed by atoms with Crippen molar-refractivity contribution in [1.82, 2.24) is 10.2 Å². The van der Waals surface area contributed by atoms with Crippen molar-refractivity contribution in [3.8, 4) is 0 Å². The Morgan fingerprint density at radius 3 is 2.44 bits per heavy atom. The summed E-state index contributed by atoms with van der Waals surface area (Å²) in [5.74, 6) is 0.383. The van der Waals surface area contributed by atoms with Crippen molar-refractivity contribution in [2.24, 2.45) is 5.73 Å². The van der Waals surface area contributed by atoms with Crippen molar-refractivity contribution in [1.29, 1.82) is 0 Å². The quantitative estimate of drug-likeness (QED) is 0.480. The molecule has 1 heterocycles. The summed E-state index contributed by atoms with van der Waals surface area (Å²) < 4.78 is 0. The van der Waals surface area contributed by atoms with Gasteiger partial charge in [0.15, 0.2) is 0 Å². The highest BCUT2D eigenvalue weighted by molar-refractivity contribution is 7.98.